The molecule has 0 unspecified atom stereocenters. The van der Waals surface area contributed by atoms with Crippen LogP contribution in [0.15, 0.2) is 108 Å². The van der Waals surface area contributed by atoms with Crippen molar-refractivity contribution in [2.75, 3.05) is 25.0 Å². The zero-order valence-corrected chi connectivity index (χ0v) is 28.0. The Morgan fingerprint density at radius 3 is 2.23 bits per heavy atom. The summed E-state index contributed by atoms with van der Waals surface area (Å²) in [6, 6.07) is 32.0. The van der Waals surface area contributed by atoms with Gasteiger partial charge in [0.2, 0.25) is 5.75 Å². The molecule has 0 amide bonds. The molecule has 246 valence electrons. The number of rotatable bonds is 13. The Morgan fingerprint density at radius 2 is 1.54 bits per heavy atom. The second-order valence-electron chi connectivity index (χ2n) is 11.7. The van der Waals surface area contributed by atoms with Crippen LogP contribution in [0.25, 0.3) is 11.4 Å². The fourth-order valence-corrected chi connectivity index (χ4v) is 5.65. The number of benzene rings is 4. The maximum atomic E-state index is 13.8. The van der Waals surface area contributed by atoms with E-state index in [2.05, 4.69) is 20.8 Å². The standard InChI is InChI=1S/C37H36N4O6S/c1-37(2,3)29-17-19-30(20-18-29)48(42,43)41-35-33(47-32-16-9-8-15-31(32)44-4)36(46-22-21-45-25-26-11-6-5-7-12-26)40-34(39-35)28-14-10-13-27(23-28)24-38/h5-20,23H,21-22,25H2,1-4H3,(H,39,40,41). The fraction of sp³-hybridized carbons (Fsp3) is 0.216. The van der Waals surface area contributed by atoms with Gasteiger partial charge in [-0.2, -0.15) is 10.2 Å². The van der Waals surface area contributed by atoms with E-state index in [1.807, 2.05) is 51.1 Å². The van der Waals surface area contributed by atoms with E-state index in [9.17, 15) is 13.7 Å². The number of methoxy groups -OCH3 is 1. The number of nitriles is 1. The molecule has 1 aromatic heterocycles. The molecule has 0 saturated carbocycles. The number of sulfonamides is 1. The number of ether oxygens (including phenoxy) is 4. The van der Waals surface area contributed by atoms with Crippen molar-refractivity contribution in [1.82, 2.24) is 9.97 Å². The monoisotopic (exact) mass is 664 g/mol. The molecule has 0 fully saturated rings. The summed E-state index contributed by atoms with van der Waals surface area (Å²) in [7, 11) is -2.68. The summed E-state index contributed by atoms with van der Waals surface area (Å²) < 4.78 is 53.9. The number of nitrogens with zero attached hydrogens (tertiary/aromatic N) is 3. The van der Waals surface area contributed by atoms with Gasteiger partial charge < -0.3 is 18.9 Å². The molecule has 48 heavy (non-hydrogen) atoms. The number of hydrogen-bond acceptors (Lipinski definition) is 9. The average molecular weight is 665 g/mol. The van der Waals surface area contributed by atoms with Crippen LogP contribution in [0, 0.1) is 11.3 Å². The molecule has 5 rings (SSSR count). The summed E-state index contributed by atoms with van der Waals surface area (Å²) in [4.78, 5) is 9.25. The zero-order chi connectivity index (χ0) is 34.1. The van der Waals surface area contributed by atoms with E-state index < -0.39 is 10.0 Å². The Kier molecular flexibility index (Phi) is 10.6. The predicted octanol–water partition coefficient (Wildman–Crippen LogP) is 7.51. The first-order chi connectivity index (χ1) is 23.1. The molecule has 0 bridgehead atoms. The number of nitrogens with one attached hydrogen (secondary N) is 1. The second kappa shape index (κ2) is 15.0. The molecular formula is C37H36N4O6S. The van der Waals surface area contributed by atoms with Crippen LogP contribution >= 0.6 is 0 Å². The van der Waals surface area contributed by atoms with Crippen LogP contribution in [-0.2, 0) is 26.8 Å². The van der Waals surface area contributed by atoms with Gasteiger partial charge in [0.1, 0.15) is 6.61 Å². The van der Waals surface area contributed by atoms with Crippen LogP contribution in [0.3, 0.4) is 0 Å². The van der Waals surface area contributed by atoms with Crippen LogP contribution in [0.2, 0.25) is 0 Å². The summed E-state index contributed by atoms with van der Waals surface area (Å²) in [5.41, 5.74) is 2.67. The maximum Gasteiger partial charge on any atom is 0.263 e. The third-order valence-electron chi connectivity index (χ3n) is 7.21. The molecule has 4 aromatic carbocycles. The van der Waals surface area contributed by atoms with Crippen LogP contribution < -0.4 is 18.9 Å². The molecule has 1 N–H and O–H groups in total. The molecule has 0 aliphatic rings. The molecule has 0 saturated heterocycles. The van der Waals surface area contributed by atoms with Gasteiger partial charge in [-0.25, -0.2) is 13.4 Å². The van der Waals surface area contributed by atoms with Crippen LogP contribution in [0.4, 0.5) is 5.82 Å². The van der Waals surface area contributed by atoms with Crippen LogP contribution in [0.1, 0.15) is 37.5 Å². The van der Waals surface area contributed by atoms with Gasteiger partial charge in [-0.3, -0.25) is 4.72 Å². The minimum Gasteiger partial charge on any atom is -0.493 e. The molecule has 1 heterocycles. The van der Waals surface area contributed by atoms with Crippen molar-refractivity contribution >= 4 is 15.8 Å². The lowest BCUT2D eigenvalue weighted by Gasteiger charge is -2.20. The average Bonchev–Trinajstić information content (AvgIpc) is 3.09. The van der Waals surface area contributed by atoms with Gasteiger partial charge in [-0.15, -0.1) is 0 Å². The van der Waals surface area contributed by atoms with E-state index in [0.29, 0.717) is 23.5 Å². The number of para-hydroxylation sites is 2. The second-order valence-corrected chi connectivity index (χ2v) is 13.4. The molecule has 0 aliphatic heterocycles. The van der Waals surface area contributed by atoms with Crippen molar-refractivity contribution in [3.05, 3.63) is 120 Å². The first-order valence-electron chi connectivity index (χ1n) is 15.2. The summed E-state index contributed by atoms with van der Waals surface area (Å²) in [6.07, 6.45) is 0. The Balaban J connectivity index is 1.56. The Labute approximate surface area is 281 Å². The van der Waals surface area contributed by atoms with Gasteiger partial charge in [-0.1, -0.05) is 87.5 Å². The highest BCUT2D eigenvalue weighted by molar-refractivity contribution is 7.92. The van der Waals surface area contributed by atoms with Crippen molar-refractivity contribution in [2.24, 2.45) is 0 Å². The smallest absolute Gasteiger partial charge is 0.263 e. The highest BCUT2D eigenvalue weighted by Gasteiger charge is 2.26. The largest absolute Gasteiger partial charge is 0.493 e. The quantitative estimate of drug-likeness (QED) is 0.127. The lowest BCUT2D eigenvalue weighted by atomic mass is 9.87. The van der Waals surface area contributed by atoms with Gasteiger partial charge in [0.15, 0.2) is 23.1 Å². The molecule has 0 aliphatic carbocycles. The molecule has 11 heteroatoms. The van der Waals surface area contributed by atoms with Gasteiger partial charge in [0.05, 0.1) is 36.9 Å². The van der Waals surface area contributed by atoms with Gasteiger partial charge >= 0.3 is 0 Å². The lowest BCUT2D eigenvalue weighted by molar-refractivity contribution is 0.0866. The third-order valence-corrected chi connectivity index (χ3v) is 8.56. The van der Waals surface area contributed by atoms with Crippen molar-refractivity contribution in [2.45, 2.75) is 37.7 Å². The number of aromatic nitrogens is 2. The molecule has 0 atom stereocenters. The third kappa shape index (κ3) is 8.47. The Morgan fingerprint density at radius 1 is 0.833 bits per heavy atom. The van der Waals surface area contributed by atoms with E-state index in [0.717, 1.165) is 11.1 Å². The van der Waals surface area contributed by atoms with Gasteiger partial charge in [-0.05, 0) is 52.9 Å². The van der Waals surface area contributed by atoms with Gasteiger partial charge in [0, 0.05) is 5.56 Å². The molecule has 0 radical (unpaired) electrons. The molecule has 0 spiro atoms. The molecular weight excluding hydrogens is 628 g/mol. The first kappa shape index (κ1) is 33.9. The SMILES string of the molecule is COc1ccccc1Oc1c(NS(=O)(=O)c2ccc(C(C)(C)C)cc2)nc(-c2cccc(C#N)c2)nc1OCCOCc1ccccc1. The van der Waals surface area contributed by atoms with Crippen molar-refractivity contribution < 1.29 is 27.4 Å². The minimum atomic E-state index is -4.18. The van der Waals surface area contributed by atoms with E-state index in [-0.39, 0.29) is 52.5 Å². The highest BCUT2D eigenvalue weighted by Crippen LogP contribution is 2.42. The normalized spacial score (nSPS) is 11.4. The van der Waals surface area contributed by atoms with Crippen LogP contribution in [0.5, 0.6) is 23.1 Å². The predicted molar refractivity (Wildman–Crippen MR) is 183 cm³/mol. The minimum absolute atomic E-state index is 0.0298. The van der Waals surface area contributed by atoms with Crippen molar-refractivity contribution in [3.63, 3.8) is 0 Å². The van der Waals surface area contributed by atoms with E-state index in [1.54, 1.807) is 72.8 Å². The molecule has 5 aromatic rings. The van der Waals surface area contributed by atoms with E-state index in [4.69, 9.17) is 18.9 Å². The summed E-state index contributed by atoms with van der Waals surface area (Å²) >= 11 is 0. The van der Waals surface area contributed by atoms with Crippen LogP contribution in [-0.4, -0.2) is 38.7 Å². The topological polar surface area (TPSA) is 133 Å². The fourth-order valence-electron chi connectivity index (χ4n) is 4.64. The number of hydrogen-bond donors (Lipinski definition) is 1. The van der Waals surface area contributed by atoms with E-state index >= 15 is 0 Å². The number of anilines is 1. The van der Waals surface area contributed by atoms with Crippen molar-refractivity contribution in [3.8, 4) is 40.6 Å². The summed E-state index contributed by atoms with van der Waals surface area (Å²) in [5, 5.41) is 9.52. The van der Waals surface area contributed by atoms with Gasteiger partial charge in [0.25, 0.3) is 15.9 Å². The Bertz CT molecular complexity index is 2010. The maximum absolute atomic E-state index is 13.8. The highest BCUT2D eigenvalue weighted by atomic mass is 32.2. The lowest BCUT2D eigenvalue weighted by Crippen LogP contribution is -2.17. The summed E-state index contributed by atoms with van der Waals surface area (Å²) in [6.45, 7) is 6.79. The first-order valence-corrected chi connectivity index (χ1v) is 16.7. The molecule has 10 nitrogen and oxygen atoms in total. The van der Waals surface area contributed by atoms with Crippen molar-refractivity contribution in [1.29, 1.82) is 5.26 Å². The zero-order valence-electron chi connectivity index (χ0n) is 27.1. The Hall–Kier alpha value is -5.44. The summed E-state index contributed by atoms with van der Waals surface area (Å²) in [5.74, 6) is 0.485. The van der Waals surface area contributed by atoms with E-state index in [1.165, 1.54) is 7.11 Å².